The Labute approximate surface area is 93.7 Å². The number of para-hydroxylation sites is 2. The molecule has 1 radical (unpaired) electrons. The normalized spacial score (nSPS) is 13.3. The highest BCUT2D eigenvalue weighted by molar-refractivity contribution is 7.79. The van der Waals surface area contributed by atoms with Gasteiger partial charge >= 0.3 is 0 Å². The van der Waals surface area contributed by atoms with Crippen molar-refractivity contribution in [3.8, 4) is 0 Å². The number of hydrogen-bond acceptors (Lipinski definition) is 2. The molecule has 0 fully saturated rings. The quantitative estimate of drug-likeness (QED) is 0.618. The Morgan fingerprint density at radius 3 is 1.80 bits per heavy atom. The van der Waals surface area contributed by atoms with E-state index >= 15 is 0 Å². The Morgan fingerprint density at radius 2 is 1.27 bits per heavy atom. The summed E-state index contributed by atoms with van der Waals surface area (Å²) in [6, 6.07) is 17.0. The summed E-state index contributed by atoms with van der Waals surface area (Å²) in [5.41, 5.74) is 2.59. The van der Waals surface area contributed by atoms with Crippen LogP contribution in [-0.2, 0) is 11.8 Å². The summed E-state index contributed by atoms with van der Waals surface area (Å²) in [6.45, 7) is 0. The smallest absolute Gasteiger partial charge is 0.289 e. The van der Waals surface area contributed by atoms with Gasteiger partial charge in [-0.2, -0.15) is 0 Å². The molecule has 73 valence electrons. The molecule has 2 aromatic rings. The molecule has 1 nitrogen and oxygen atoms in total. The van der Waals surface area contributed by atoms with Gasteiger partial charge in [0.25, 0.3) is 11.8 Å². The zero-order chi connectivity index (χ0) is 10.3. The van der Waals surface area contributed by atoms with E-state index in [9.17, 15) is 0 Å². The molecule has 0 unspecified atom stereocenters. The van der Waals surface area contributed by atoms with Crippen LogP contribution in [0.4, 0.5) is 11.4 Å². The standard InChI is InChI=1S/C13H11NS/c1-14-10-6-2-4-8-12(10)15-13-9-5-3-7-11(13)14/h2-9H,1H3/q+1. The average molecular weight is 213 g/mol. The summed E-state index contributed by atoms with van der Waals surface area (Å²) in [4.78, 5) is 4.92. The highest BCUT2D eigenvalue weighted by atomic mass is 32.2. The molecule has 0 amide bonds. The molecule has 1 aliphatic heterocycles. The van der Waals surface area contributed by atoms with E-state index in [1.165, 1.54) is 21.2 Å². The summed E-state index contributed by atoms with van der Waals surface area (Å²) in [5.74, 6) is 0. The van der Waals surface area contributed by atoms with Crippen molar-refractivity contribution in [1.82, 2.24) is 0 Å². The second-order valence-corrected chi connectivity index (χ2v) is 4.68. The largest absolute Gasteiger partial charge is 0.336 e. The first-order chi connectivity index (χ1) is 7.36. The van der Waals surface area contributed by atoms with Crippen LogP contribution in [0.25, 0.3) is 0 Å². The van der Waals surface area contributed by atoms with Crippen molar-refractivity contribution in [1.29, 1.82) is 0 Å². The van der Waals surface area contributed by atoms with Gasteiger partial charge in [-0.1, -0.05) is 24.3 Å². The summed E-state index contributed by atoms with van der Waals surface area (Å²) in [5, 5.41) is 0. The second kappa shape index (κ2) is 3.31. The van der Waals surface area contributed by atoms with Crippen LogP contribution in [0, 0.1) is 0 Å². The third-order valence-electron chi connectivity index (χ3n) is 2.67. The zero-order valence-electron chi connectivity index (χ0n) is 8.47. The highest BCUT2D eigenvalue weighted by Gasteiger charge is 2.31. The molecular weight excluding hydrogens is 202 g/mol. The summed E-state index contributed by atoms with van der Waals surface area (Å²) >= 11 is 1.84. The Hall–Kier alpha value is -1.41. The van der Waals surface area contributed by atoms with Crippen molar-refractivity contribution < 1.29 is 0 Å². The molecule has 0 aromatic heterocycles. The highest BCUT2D eigenvalue weighted by Crippen LogP contribution is 2.38. The Bertz CT molecular complexity index is 462. The molecule has 2 heteroatoms. The monoisotopic (exact) mass is 213 g/mol. The lowest BCUT2D eigenvalue weighted by Gasteiger charge is -2.21. The van der Waals surface area contributed by atoms with Gasteiger partial charge in [-0.15, -0.1) is 0 Å². The van der Waals surface area contributed by atoms with Gasteiger partial charge < -0.3 is 4.90 Å². The van der Waals surface area contributed by atoms with E-state index in [1.807, 2.05) is 11.8 Å². The maximum Gasteiger partial charge on any atom is 0.289 e. The van der Waals surface area contributed by atoms with Gasteiger partial charge in [-0.3, -0.25) is 0 Å². The molecule has 0 atom stereocenters. The van der Waals surface area contributed by atoms with Gasteiger partial charge in [0.15, 0.2) is 0 Å². The molecule has 0 saturated carbocycles. The molecule has 1 heterocycles. The van der Waals surface area contributed by atoms with Gasteiger partial charge in [-0.25, -0.2) is 0 Å². The number of fused-ring (bicyclic) bond motifs is 2. The molecule has 2 aromatic carbocycles. The Kier molecular flexibility index (Phi) is 1.96. The van der Waals surface area contributed by atoms with Crippen molar-refractivity contribution in [3.63, 3.8) is 0 Å². The van der Waals surface area contributed by atoms with E-state index in [1.54, 1.807) is 0 Å². The molecule has 0 spiro atoms. The summed E-state index contributed by atoms with van der Waals surface area (Å²) in [6.07, 6.45) is 0. The maximum absolute atomic E-state index is 2.25. The van der Waals surface area contributed by atoms with E-state index in [2.05, 4.69) is 60.5 Å². The molecule has 0 N–H and O–H groups in total. The minimum absolute atomic E-state index is 1.29. The lowest BCUT2D eigenvalue weighted by atomic mass is 10.2. The van der Waals surface area contributed by atoms with Crippen LogP contribution in [0.5, 0.6) is 0 Å². The number of rotatable bonds is 0. The van der Waals surface area contributed by atoms with Crippen molar-refractivity contribution in [3.05, 3.63) is 48.5 Å². The van der Waals surface area contributed by atoms with Gasteiger partial charge in [0.2, 0.25) is 9.79 Å². The molecule has 0 bridgehead atoms. The van der Waals surface area contributed by atoms with Crippen LogP contribution in [0.3, 0.4) is 0 Å². The Morgan fingerprint density at radius 1 is 0.800 bits per heavy atom. The van der Waals surface area contributed by atoms with Crippen molar-refractivity contribution in [2.45, 2.75) is 9.79 Å². The van der Waals surface area contributed by atoms with Crippen LogP contribution in [0.2, 0.25) is 0 Å². The van der Waals surface area contributed by atoms with E-state index in [0.29, 0.717) is 0 Å². The fraction of sp³-hybridized carbons (Fsp3) is 0.0769. The summed E-state index contributed by atoms with van der Waals surface area (Å²) < 4.78 is 0. The summed E-state index contributed by atoms with van der Waals surface area (Å²) in [7, 11) is 2.12. The van der Waals surface area contributed by atoms with Crippen LogP contribution >= 0.6 is 0 Å². The fourth-order valence-corrected chi connectivity index (χ4v) is 3.04. The van der Waals surface area contributed by atoms with Crippen molar-refractivity contribution >= 4 is 23.1 Å². The third-order valence-corrected chi connectivity index (χ3v) is 3.80. The third kappa shape index (κ3) is 1.33. The number of anilines is 2. The van der Waals surface area contributed by atoms with E-state index in [4.69, 9.17) is 0 Å². The van der Waals surface area contributed by atoms with Crippen molar-refractivity contribution in [2.75, 3.05) is 11.9 Å². The topological polar surface area (TPSA) is 3.24 Å². The molecule has 0 saturated heterocycles. The molecular formula is C13H11NS+. The van der Waals surface area contributed by atoms with Crippen molar-refractivity contribution in [2.24, 2.45) is 0 Å². The Balaban J connectivity index is 2.20. The minimum Gasteiger partial charge on any atom is -0.336 e. The first-order valence-corrected chi connectivity index (χ1v) is 5.77. The van der Waals surface area contributed by atoms with Crippen LogP contribution in [-0.4, -0.2) is 7.05 Å². The predicted octanol–water partition coefficient (Wildman–Crippen LogP) is 3.27. The molecule has 0 aliphatic carbocycles. The molecule has 15 heavy (non-hydrogen) atoms. The first-order valence-electron chi connectivity index (χ1n) is 4.96. The second-order valence-electron chi connectivity index (χ2n) is 3.60. The van der Waals surface area contributed by atoms with E-state index in [0.717, 1.165) is 0 Å². The van der Waals surface area contributed by atoms with Gasteiger partial charge in [-0.05, 0) is 12.1 Å². The van der Waals surface area contributed by atoms with Gasteiger partial charge in [0.05, 0.1) is 0 Å². The SMILES string of the molecule is CN1c2ccccc2[S+]c2ccccc21. The molecule has 1 aliphatic rings. The number of benzene rings is 2. The lowest BCUT2D eigenvalue weighted by Crippen LogP contribution is -2.16. The lowest BCUT2D eigenvalue weighted by molar-refractivity contribution is 1.11. The zero-order valence-corrected chi connectivity index (χ0v) is 9.29. The van der Waals surface area contributed by atoms with Crippen LogP contribution in [0.1, 0.15) is 0 Å². The van der Waals surface area contributed by atoms with Crippen LogP contribution < -0.4 is 4.90 Å². The minimum atomic E-state index is 1.29. The molecule has 3 rings (SSSR count). The number of nitrogens with zero attached hydrogens (tertiary/aromatic N) is 1. The first kappa shape index (κ1) is 8.86. The number of hydrogen-bond donors (Lipinski definition) is 0. The van der Waals surface area contributed by atoms with E-state index < -0.39 is 0 Å². The van der Waals surface area contributed by atoms with Crippen LogP contribution in [0.15, 0.2) is 58.3 Å². The van der Waals surface area contributed by atoms with Gasteiger partial charge in [0.1, 0.15) is 11.4 Å². The van der Waals surface area contributed by atoms with Gasteiger partial charge in [0, 0.05) is 19.2 Å². The maximum atomic E-state index is 2.25. The van der Waals surface area contributed by atoms with E-state index in [-0.39, 0.29) is 0 Å². The predicted molar refractivity (Wildman–Crippen MR) is 64.8 cm³/mol. The average Bonchev–Trinajstić information content (AvgIpc) is 2.30. The fourth-order valence-electron chi connectivity index (χ4n) is 1.89.